The summed E-state index contributed by atoms with van der Waals surface area (Å²) in [4.78, 5) is 33.9. The quantitative estimate of drug-likeness (QED) is 0.239. The minimum absolute atomic E-state index is 0.0309. The molecule has 0 saturated carbocycles. The molecule has 0 aliphatic heterocycles. The molecule has 0 spiro atoms. The first-order valence-corrected chi connectivity index (χ1v) is 7.12. The maximum atomic E-state index is 11.9. The van der Waals surface area contributed by atoms with E-state index >= 15 is 0 Å². The van der Waals surface area contributed by atoms with Crippen LogP contribution in [0.1, 0.15) is 15.9 Å². The van der Waals surface area contributed by atoms with Gasteiger partial charge in [-0.1, -0.05) is 18.2 Å². The first-order valence-electron chi connectivity index (χ1n) is 7.12. The highest BCUT2D eigenvalue weighted by molar-refractivity contribution is 6.01. The lowest BCUT2D eigenvalue weighted by Gasteiger charge is -2.11. The van der Waals surface area contributed by atoms with Gasteiger partial charge in [0.05, 0.1) is 10.5 Å². The Hall–Kier alpha value is -3.46. The Labute approximate surface area is 142 Å². The first kappa shape index (κ1) is 17.9. The summed E-state index contributed by atoms with van der Waals surface area (Å²) >= 11 is 0. The van der Waals surface area contributed by atoms with Crippen LogP contribution < -0.4 is 11.5 Å². The summed E-state index contributed by atoms with van der Waals surface area (Å²) in [5.41, 5.74) is 11.3. The third kappa shape index (κ3) is 4.30. The number of nitrogens with zero attached hydrogens (tertiary/aromatic N) is 1. The number of hydrogen-bond acceptors (Lipinski definition) is 8. The van der Waals surface area contributed by atoms with Crippen molar-refractivity contribution in [2.24, 2.45) is 5.73 Å². The fraction of sp³-hybridized carbons (Fsp3) is 0.125. The fourth-order valence-electron chi connectivity index (χ4n) is 2.08. The Morgan fingerprint density at radius 2 is 1.92 bits per heavy atom. The predicted molar refractivity (Wildman–Crippen MR) is 87.7 cm³/mol. The standard InChI is InChI=1S/C16H15N3O6/c17-11-4-2-1-3-10(11)15(21)25-16(22)12(18)7-9-5-6-14(20)13(8-9)19(23)24/h1-6,8,12,20H,7,17-18H2/t12-/m0/s1. The molecule has 2 aromatic carbocycles. The third-order valence-electron chi connectivity index (χ3n) is 3.37. The topological polar surface area (TPSA) is 159 Å². The monoisotopic (exact) mass is 345 g/mol. The Morgan fingerprint density at radius 1 is 1.24 bits per heavy atom. The third-order valence-corrected chi connectivity index (χ3v) is 3.37. The van der Waals surface area contributed by atoms with Crippen molar-refractivity contribution in [2.75, 3.05) is 5.73 Å². The molecule has 0 aliphatic carbocycles. The maximum absolute atomic E-state index is 11.9. The van der Waals surface area contributed by atoms with Crippen LogP contribution in [-0.2, 0) is 16.0 Å². The lowest BCUT2D eigenvalue weighted by molar-refractivity contribution is -0.385. The van der Waals surface area contributed by atoms with E-state index in [2.05, 4.69) is 4.74 Å². The van der Waals surface area contributed by atoms with E-state index < -0.39 is 34.3 Å². The van der Waals surface area contributed by atoms with Crippen LogP contribution in [-0.4, -0.2) is 28.0 Å². The van der Waals surface area contributed by atoms with Gasteiger partial charge in [0.2, 0.25) is 0 Å². The highest BCUT2D eigenvalue weighted by atomic mass is 16.6. The molecular formula is C16H15N3O6. The minimum atomic E-state index is -1.22. The van der Waals surface area contributed by atoms with Gasteiger partial charge in [0.1, 0.15) is 6.04 Å². The number of carbonyl (C=O) groups excluding carboxylic acids is 2. The Morgan fingerprint density at radius 3 is 2.56 bits per heavy atom. The summed E-state index contributed by atoms with van der Waals surface area (Å²) in [6.45, 7) is 0. The number of phenolic OH excluding ortho intramolecular Hbond substituents is 1. The molecule has 0 aromatic heterocycles. The highest BCUT2D eigenvalue weighted by Gasteiger charge is 2.23. The number of benzene rings is 2. The second-order valence-electron chi connectivity index (χ2n) is 5.19. The van der Waals surface area contributed by atoms with Crippen molar-refractivity contribution in [3.8, 4) is 5.75 Å². The van der Waals surface area contributed by atoms with Crippen molar-refractivity contribution in [1.82, 2.24) is 0 Å². The molecular weight excluding hydrogens is 330 g/mol. The van der Waals surface area contributed by atoms with Crippen LogP contribution in [0.5, 0.6) is 5.75 Å². The molecule has 130 valence electrons. The zero-order valence-corrected chi connectivity index (χ0v) is 12.9. The summed E-state index contributed by atoms with van der Waals surface area (Å²) < 4.78 is 4.69. The van der Waals surface area contributed by atoms with Gasteiger partial charge in [-0.3, -0.25) is 10.1 Å². The maximum Gasteiger partial charge on any atom is 0.347 e. The number of nitrogens with two attached hydrogens (primary N) is 2. The molecule has 9 heteroatoms. The molecule has 0 aliphatic rings. The summed E-state index contributed by atoms with van der Waals surface area (Å²) in [5, 5.41) is 20.2. The first-order chi connectivity index (χ1) is 11.8. The average Bonchev–Trinajstić information content (AvgIpc) is 2.56. The van der Waals surface area contributed by atoms with Crippen LogP contribution in [0.3, 0.4) is 0 Å². The van der Waals surface area contributed by atoms with Gasteiger partial charge in [-0.15, -0.1) is 0 Å². The number of nitro benzene ring substituents is 1. The molecule has 5 N–H and O–H groups in total. The van der Waals surface area contributed by atoms with Crippen LogP contribution in [0, 0.1) is 10.1 Å². The molecule has 0 saturated heterocycles. The normalized spacial score (nSPS) is 11.6. The van der Waals surface area contributed by atoms with E-state index in [4.69, 9.17) is 11.5 Å². The number of anilines is 1. The number of nitro groups is 1. The van der Waals surface area contributed by atoms with Gasteiger partial charge in [-0.25, -0.2) is 9.59 Å². The smallest absolute Gasteiger partial charge is 0.347 e. The number of esters is 2. The molecule has 0 amide bonds. The molecule has 25 heavy (non-hydrogen) atoms. The number of nitrogen functional groups attached to an aromatic ring is 1. The largest absolute Gasteiger partial charge is 0.502 e. The minimum Gasteiger partial charge on any atom is -0.502 e. The van der Waals surface area contributed by atoms with Crippen LogP contribution >= 0.6 is 0 Å². The van der Waals surface area contributed by atoms with Gasteiger partial charge in [-0.2, -0.15) is 0 Å². The zero-order chi connectivity index (χ0) is 18.6. The van der Waals surface area contributed by atoms with Crippen molar-refractivity contribution in [3.63, 3.8) is 0 Å². The fourth-order valence-corrected chi connectivity index (χ4v) is 2.08. The van der Waals surface area contributed by atoms with Crippen molar-refractivity contribution >= 4 is 23.3 Å². The van der Waals surface area contributed by atoms with E-state index in [1.807, 2.05) is 0 Å². The van der Waals surface area contributed by atoms with E-state index in [0.29, 0.717) is 5.56 Å². The molecule has 0 radical (unpaired) electrons. The van der Waals surface area contributed by atoms with Gasteiger partial charge >= 0.3 is 17.6 Å². The van der Waals surface area contributed by atoms with Crippen LogP contribution in [0.4, 0.5) is 11.4 Å². The Bertz CT molecular complexity index is 836. The lowest BCUT2D eigenvalue weighted by atomic mass is 10.1. The number of rotatable bonds is 5. The number of ether oxygens (including phenoxy) is 1. The van der Waals surface area contributed by atoms with Crippen molar-refractivity contribution in [3.05, 3.63) is 63.7 Å². The van der Waals surface area contributed by atoms with Gasteiger partial charge in [0.25, 0.3) is 0 Å². The molecule has 9 nitrogen and oxygen atoms in total. The average molecular weight is 345 g/mol. The Kier molecular flexibility index (Phi) is 5.30. The van der Waals surface area contributed by atoms with E-state index in [1.54, 1.807) is 12.1 Å². The second kappa shape index (κ2) is 7.41. The molecule has 2 rings (SSSR count). The summed E-state index contributed by atoms with van der Waals surface area (Å²) in [5.74, 6) is -2.43. The van der Waals surface area contributed by atoms with Crippen molar-refractivity contribution in [2.45, 2.75) is 12.5 Å². The van der Waals surface area contributed by atoms with Gasteiger partial charge < -0.3 is 21.3 Å². The summed E-state index contributed by atoms with van der Waals surface area (Å²) in [7, 11) is 0. The molecule has 1 atom stereocenters. The molecule has 0 heterocycles. The SMILES string of the molecule is Nc1ccccc1C(=O)OC(=O)[C@@H](N)Cc1ccc(O)c([N+](=O)[O-])c1. The van der Waals surface area contributed by atoms with Crippen molar-refractivity contribution < 1.29 is 24.4 Å². The van der Waals surface area contributed by atoms with Gasteiger partial charge in [-0.05, 0) is 30.2 Å². The van der Waals surface area contributed by atoms with Crippen LogP contribution in [0.25, 0.3) is 0 Å². The van der Waals surface area contributed by atoms with Crippen molar-refractivity contribution in [1.29, 1.82) is 0 Å². The number of carbonyl (C=O) groups is 2. The number of hydrogen-bond donors (Lipinski definition) is 3. The Balaban J connectivity index is 2.06. The second-order valence-corrected chi connectivity index (χ2v) is 5.19. The molecule has 2 aromatic rings. The van der Waals surface area contributed by atoms with E-state index in [-0.39, 0.29) is 17.7 Å². The molecule has 0 unspecified atom stereocenters. The van der Waals surface area contributed by atoms with Gasteiger partial charge in [0, 0.05) is 11.8 Å². The van der Waals surface area contributed by atoms with Crippen LogP contribution in [0.15, 0.2) is 42.5 Å². The molecule has 0 bridgehead atoms. The summed E-state index contributed by atoms with van der Waals surface area (Å²) in [6, 6.07) is 8.45. The zero-order valence-electron chi connectivity index (χ0n) is 12.9. The number of phenols is 1. The molecule has 0 fully saturated rings. The van der Waals surface area contributed by atoms with E-state index in [1.165, 1.54) is 18.2 Å². The van der Waals surface area contributed by atoms with E-state index in [0.717, 1.165) is 12.1 Å². The highest BCUT2D eigenvalue weighted by Crippen LogP contribution is 2.26. The lowest BCUT2D eigenvalue weighted by Crippen LogP contribution is -2.35. The number of para-hydroxylation sites is 1. The van der Waals surface area contributed by atoms with Gasteiger partial charge in [0.15, 0.2) is 5.75 Å². The predicted octanol–water partition coefficient (Wildman–Crippen LogP) is 1.14. The summed E-state index contributed by atoms with van der Waals surface area (Å²) in [6.07, 6.45) is -0.114. The number of aromatic hydroxyl groups is 1. The van der Waals surface area contributed by atoms with E-state index in [9.17, 15) is 24.8 Å². The van der Waals surface area contributed by atoms with Crippen LogP contribution in [0.2, 0.25) is 0 Å².